The molecule has 0 bridgehead atoms. The summed E-state index contributed by atoms with van der Waals surface area (Å²) in [6, 6.07) is 2.63. The van der Waals surface area contributed by atoms with Gasteiger partial charge in [0.25, 0.3) is 0 Å². The summed E-state index contributed by atoms with van der Waals surface area (Å²) in [4.78, 5) is 18.8. The first-order valence-electron chi connectivity index (χ1n) is 28.3. The van der Waals surface area contributed by atoms with Gasteiger partial charge in [0, 0.05) is 128 Å². The lowest BCUT2D eigenvalue weighted by molar-refractivity contribution is 0.152. The maximum Gasteiger partial charge on any atom is 0.315 e. The van der Waals surface area contributed by atoms with Gasteiger partial charge in [-0.1, -0.05) is 46.4 Å². The van der Waals surface area contributed by atoms with Crippen LogP contribution in [0.25, 0.3) is 0 Å². The van der Waals surface area contributed by atoms with Gasteiger partial charge in [-0.2, -0.15) is 0 Å². The molecule has 5 atom stereocenters. The second kappa shape index (κ2) is 55.0. The van der Waals surface area contributed by atoms with Crippen LogP contribution in [-0.4, -0.2) is 199 Å². The highest BCUT2D eigenvalue weighted by Gasteiger charge is 2.08. The predicted molar refractivity (Wildman–Crippen MR) is 342 cm³/mol. The van der Waals surface area contributed by atoms with Crippen molar-refractivity contribution in [3.8, 4) is 0 Å². The molecular weight excluding hydrogens is 1000 g/mol. The molecule has 21 heteroatoms. The number of carbonyl (C=O) groups excluding carboxylic acids is 1. The highest BCUT2D eigenvalue weighted by molar-refractivity contribution is 5.74. The van der Waals surface area contributed by atoms with Crippen molar-refractivity contribution >= 4 is 6.03 Å². The van der Waals surface area contributed by atoms with Crippen LogP contribution >= 0.6 is 0 Å². The maximum absolute atomic E-state index is 10.9. The molecule has 0 aromatic heterocycles. The second-order valence-corrected chi connectivity index (χ2v) is 22.1. The number of amides is 2. The van der Waals surface area contributed by atoms with Gasteiger partial charge < -0.3 is 105 Å². The van der Waals surface area contributed by atoms with Crippen molar-refractivity contribution in [1.82, 2.24) is 72.8 Å². The Bertz CT molecular complexity index is 1370. The van der Waals surface area contributed by atoms with E-state index in [9.17, 15) is 4.79 Å². The van der Waals surface area contributed by atoms with Crippen molar-refractivity contribution in [3.63, 3.8) is 0 Å². The molecule has 0 saturated heterocycles. The van der Waals surface area contributed by atoms with Gasteiger partial charge >= 0.3 is 6.03 Å². The van der Waals surface area contributed by atoms with Gasteiger partial charge in [0.05, 0.1) is 59.8 Å². The molecule has 0 fully saturated rings. The summed E-state index contributed by atoms with van der Waals surface area (Å²) in [5.74, 6) is 5.19. The molecule has 18 N–H and O–H groups in total. The largest absolute Gasteiger partial charge is 0.395 e. The molecular formula is C58H132N16O5. The van der Waals surface area contributed by atoms with Crippen molar-refractivity contribution in [3.05, 3.63) is 74.4 Å². The van der Waals surface area contributed by atoms with Crippen LogP contribution in [0.5, 0.6) is 0 Å². The van der Waals surface area contributed by atoms with E-state index in [1.54, 1.807) is 20.8 Å². The number of nitrogens with two attached hydrogens (primary N) is 2. The van der Waals surface area contributed by atoms with Crippen LogP contribution in [0.2, 0.25) is 0 Å². The molecule has 79 heavy (non-hydrogen) atoms. The summed E-state index contributed by atoms with van der Waals surface area (Å²) in [6.07, 6.45) is 0.178. The number of urea groups is 1. The minimum atomic E-state index is -0.333. The number of likely N-dealkylation sites (N-methyl/N-ethyl adjacent to an activating group) is 3. The highest BCUT2D eigenvalue weighted by atomic mass is 16.3. The third kappa shape index (κ3) is 79.7. The second-order valence-electron chi connectivity index (χ2n) is 22.1. The van der Waals surface area contributed by atoms with Gasteiger partial charge in [0.1, 0.15) is 0 Å². The van der Waals surface area contributed by atoms with Crippen molar-refractivity contribution < 1.29 is 25.2 Å². The van der Waals surface area contributed by atoms with Crippen LogP contribution in [0.15, 0.2) is 74.4 Å². The molecule has 0 aromatic rings. The first kappa shape index (κ1) is 87.9. The molecule has 0 aliphatic carbocycles. The maximum atomic E-state index is 10.9. The molecule has 0 aliphatic rings. The lowest BCUT2D eigenvalue weighted by atomic mass is 10.3. The molecule has 0 radical (unpaired) electrons. The minimum absolute atomic E-state index is 0.00733. The zero-order chi connectivity index (χ0) is 63.7. The van der Waals surface area contributed by atoms with Gasteiger partial charge in [-0.3, -0.25) is 0 Å². The monoisotopic (exact) mass is 1130 g/mol. The number of nitrogens with zero attached hydrogens (tertiary/aromatic N) is 4. The molecule has 0 aliphatic heterocycles. The fraction of sp³-hybridized carbons (Fsp3) is 0.776. The number of nitrogens with one attached hydrogen (secondary N) is 10. The van der Waals surface area contributed by atoms with Crippen LogP contribution in [-0.2, 0) is 0 Å². The zero-order valence-electron chi connectivity index (χ0n) is 55.2. The summed E-state index contributed by atoms with van der Waals surface area (Å²) in [6.45, 7) is 67.7. The SMILES string of the molecule is C=C(NC(C)C)N(C)CC(C)N.C=C(NC(C)C)N(C)CC(C)O.C=C(NC(C)C)N(C)CCC.C=C(NC(C)C)N(C)CCO.C=C(NCC(C)O)NC(C)C.C=C(NCC(C)O)NC(C)C.CC(N)CNC(=O)NC(C)C. The van der Waals surface area contributed by atoms with Crippen LogP contribution in [0.3, 0.4) is 0 Å². The van der Waals surface area contributed by atoms with Crippen molar-refractivity contribution in [2.75, 3.05) is 80.6 Å². The average Bonchev–Trinajstić information content (AvgIpc) is 3.26. The first-order valence-corrected chi connectivity index (χ1v) is 28.3. The number of aliphatic hydroxyl groups excluding tert-OH is 4. The Balaban J connectivity index is -0.000000153. The number of rotatable bonds is 33. The Labute approximate surface area is 486 Å². The molecule has 2 amide bonds. The molecule has 0 spiro atoms. The van der Waals surface area contributed by atoms with Gasteiger partial charge in [-0.15, -0.1) is 0 Å². The van der Waals surface area contributed by atoms with Crippen LogP contribution in [0.1, 0.15) is 145 Å². The van der Waals surface area contributed by atoms with Crippen LogP contribution in [0.4, 0.5) is 4.79 Å². The summed E-state index contributed by atoms with van der Waals surface area (Å²) >= 11 is 0. The molecule has 0 heterocycles. The number of aliphatic hydroxyl groups is 4. The molecule has 474 valence electrons. The first-order chi connectivity index (χ1) is 36.1. The van der Waals surface area contributed by atoms with E-state index in [4.69, 9.17) is 31.9 Å². The van der Waals surface area contributed by atoms with Gasteiger partial charge in [0.2, 0.25) is 0 Å². The molecule has 21 nitrogen and oxygen atoms in total. The van der Waals surface area contributed by atoms with Gasteiger partial charge in [-0.25, -0.2) is 4.79 Å². The van der Waals surface area contributed by atoms with E-state index >= 15 is 0 Å². The molecule has 0 saturated carbocycles. The summed E-state index contributed by atoms with van der Waals surface area (Å²) < 4.78 is 0. The lowest BCUT2D eigenvalue weighted by Crippen LogP contribution is -2.43. The van der Waals surface area contributed by atoms with E-state index in [0.717, 1.165) is 54.4 Å². The lowest BCUT2D eigenvalue weighted by Gasteiger charge is -2.25. The topological polar surface area (TPSA) is 283 Å². The smallest absolute Gasteiger partial charge is 0.315 e. The van der Waals surface area contributed by atoms with Crippen LogP contribution in [0, 0.1) is 0 Å². The van der Waals surface area contributed by atoms with Gasteiger partial charge in [-0.05, 0) is 138 Å². The Morgan fingerprint density at radius 1 is 0.405 bits per heavy atom. The van der Waals surface area contributed by atoms with E-state index in [2.05, 4.69) is 167 Å². The summed E-state index contributed by atoms with van der Waals surface area (Å²) in [7, 11) is 7.85. The van der Waals surface area contributed by atoms with Crippen LogP contribution < -0.4 is 64.6 Å². The Morgan fingerprint density at radius 3 is 0.937 bits per heavy atom. The quantitative estimate of drug-likeness (QED) is 0.0428. The fourth-order valence-electron chi connectivity index (χ4n) is 5.49. The summed E-state index contributed by atoms with van der Waals surface area (Å²) in [5, 5.41) is 65.7. The Hall–Kier alpha value is -4.93. The van der Waals surface area contributed by atoms with E-state index in [1.807, 2.05) is 91.2 Å². The fourth-order valence-corrected chi connectivity index (χ4v) is 5.49. The van der Waals surface area contributed by atoms with E-state index in [1.165, 1.54) is 0 Å². The minimum Gasteiger partial charge on any atom is -0.395 e. The third-order valence-electron chi connectivity index (χ3n) is 8.91. The number of carbonyl (C=O) groups is 1. The Morgan fingerprint density at radius 2 is 0.696 bits per heavy atom. The number of hydrogen-bond donors (Lipinski definition) is 16. The van der Waals surface area contributed by atoms with Gasteiger partial charge in [0.15, 0.2) is 0 Å². The zero-order valence-corrected chi connectivity index (χ0v) is 55.2. The van der Waals surface area contributed by atoms with Crippen molar-refractivity contribution in [2.24, 2.45) is 11.5 Å². The molecule has 0 rings (SSSR count). The normalized spacial score (nSPS) is 12.0. The standard InChI is InChI=1S/C9H21N3.C9H20N2O.C9H20N2.3C8H18N2O.C7H17N3O/c1-7(2)11-9(4)12(5)6-8(3)10;1-7(2)10-9(4)11(5)6-8(3)12;1-6-7-11(5)9(4)10-8(2)3;1-7(2)9-8(3)10(4)5-6-11;2*1-6(2)10-8(4)9-5-7(3)11;1-5(2)10-7(11)9-4-6(3)8/h7-8,11H,4,6,10H2,1-3,5H3;7-8,10,12H,4,6H2,1-3,5H3;8,10H,4,6-7H2,1-3,5H3;7,9,11H,3,5-6H2,1-2,4H3;2*6-7,9-11H,4-5H2,1-3H3;5-6H,4,8H2,1-3H3,(H2,9,10,11). The van der Waals surface area contributed by atoms with Crippen molar-refractivity contribution in [2.45, 2.75) is 218 Å². The van der Waals surface area contributed by atoms with E-state index < -0.39 is 0 Å². The summed E-state index contributed by atoms with van der Waals surface area (Å²) in [5.41, 5.74) is 11.1. The molecule has 5 unspecified atom stereocenters. The highest BCUT2D eigenvalue weighted by Crippen LogP contribution is 1.99. The number of hydrogen-bond acceptors (Lipinski definition) is 19. The molecule has 0 aromatic carbocycles. The van der Waals surface area contributed by atoms with E-state index in [0.29, 0.717) is 69.0 Å². The average molecular weight is 1130 g/mol. The van der Waals surface area contributed by atoms with E-state index in [-0.39, 0.29) is 49.1 Å². The van der Waals surface area contributed by atoms with Crippen molar-refractivity contribution in [1.29, 1.82) is 0 Å². The Kier molecular flexibility index (Phi) is 61.2. The predicted octanol–water partition coefficient (Wildman–Crippen LogP) is 4.57. The third-order valence-corrected chi connectivity index (χ3v) is 8.91.